The third-order valence-electron chi connectivity index (χ3n) is 2.46. The van der Waals surface area contributed by atoms with E-state index in [-0.39, 0.29) is 11.6 Å². The quantitative estimate of drug-likeness (QED) is 0.476. The smallest absolute Gasteiger partial charge is 0.407 e. The number of methoxy groups -OCH3 is 1. The summed E-state index contributed by atoms with van der Waals surface area (Å²) in [5, 5.41) is 10.9. The fourth-order valence-corrected chi connectivity index (χ4v) is 2.57. The number of pyridine rings is 1. The molecule has 0 amide bonds. The van der Waals surface area contributed by atoms with Gasteiger partial charge in [0.15, 0.2) is 0 Å². The van der Waals surface area contributed by atoms with E-state index in [0.29, 0.717) is 4.90 Å². The monoisotopic (exact) mass is 276 g/mol. The van der Waals surface area contributed by atoms with Crippen molar-refractivity contribution in [1.82, 2.24) is 4.98 Å². The van der Waals surface area contributed by atoms with Gasteiger partial charge in [0.2, 0.25) is 5.75 Å². The van der Waals surface area contributed by atoms with Gasteiger partial charge in [-0.15, -0.1) is 11.8 Å². The Kier molecular flexibility index (Phi) is 4.35. The highest BCUT2D eigenvalue weighted by atomic mass is 32.2. The molecule has 0 unspecified atom stereocenters. The molecule has 98 valence electrons. The fourth-order valence-electron chi connectivity index (χ4n) is 1.59. The highest BCUT2D eigenvalue weighted by molar-refractivity contribution is 7.98. The van der Waals surface area contributed by atoms with Crippen molar-refractivity contribution in [3.05, 3.63) is 58.3 Å². The molecule has 0 aliphatic carbocycles. The first-order chi connectivity index (χ1) is 9.22. The Hall–Kier alpha value is -2.08. The lowest BCUT2D eigenvalue weighted by atomic mass is 10.2. The molecule has 5 nitrogen and oxygen atoms in total. The molecule has 0 aliphatic heterocycles. The van der Waals surface area contributed by atoms with E-state index in [1.165, 1.54) is 25.1 Å². The predicted molar refractivity (Wildman–Crippen MR) is 73.4 cm³/mol. The molecule has 0 radical (unpaired) electrons. The number of rotatable bonds is 5. The zero-order chi connectivity index (χ0) is 13.7. The summed E-state index contributed by atoms with van der Waals surface area (Å²) in [6.07, 6.45) is 1.42. The fraction of sp³-hybridized carbons (Fsp3) is 0.154. The van der Waals surface area contributed by atoms with Crippen LogP contribution in [-0.2, 0) is 5.75 Å². The number of nitro groups is 1. The minimum Gasteiger partial charge on any atom is -0.488 e. The highest BCUT2D eigenvalue weighted by Crippen LogP contribution is 2.36. The number of aromatic nitrogens is 1. The van der Waals surface area contributed by atoms with Gasteiger partial charge < -0.3 is 14.9 Å². The zero-order valence-electron chi connectivity index (χ0n) is 10.3. The first-order valence-electron chi connectivity index (χ1n) is 5.56. The van der Waals surface area contributed by atoms with Gasteiger partial charge in [-0.05, 0) is 21.5 Å². The minimum absolute atomic E-state index is 0.216. The van der Waals surface area contributed by atoms with Gasteiger partial charge in [0.1, 0.15) is 6.20 Å². The second kappa shape index (κ2) is 6.19. The Balaban J connectivity index is 2.21. The molecule has 19 heavy (non-hydrogen) atoms. The lowest BCUT2D eigenvalue weighted by Gasteiger charge is -2.07. The summed E-state index contributed by atoms with van der Waals surface area (Å²) < 4.78 is 5.10. The largest absolute Gasteiger partial charge is 0.488 e. The second-order valence-electron chi connectivity index (χ2n) is 3.70. The number of nitrogens with zero attached hydrogens (tertiary/aromatic N) is 2. The molecule has 0 spiro atoms. The Bertz CT molecular complexity index is 575. The summed E-state index contributed by atoms with van der Waals surface area (Å²) in [5.74, 6) is 0.687. The van der Waals surface area contributed by atoms with Crippen LogP contribution in [0.4, 0.5) is 5.82 Å². The Labute approximate surface area is 114 Å². The van der Waals surface area contributed by atoms with Crippen molar-refractivity contribution in [3.8, 4) is 5.75 Å². The van der Waals surface area contributed by atoms with E-state index in [9.17, 15) is 10.1 Å². The number of ether oxygens (including phenoxy) is 1. The van der Waals surface area contributed by atoms with Crippen molar-refractivity contribution in [1.29, 1.82) is 0 Å². The van der Waals surface area contributed by atoms with Crippen molar-refractivity contribution in [2.75, 3.05) is 7.11 Å². The summed E-state index contributed by atoms with van der Waals surface area (Å²) in [7, 11) is 1.41. The number of thioether (sulfide) groups is 1. The molecule has 0 saturated heterocycles. The Morgan fingerprint density at radius 2 is 2.05 bits per heavy atom. The topological polar surface area (TPSA) is 65.3 Å². The maximum atomic E-state index is 10.9. The van der Waals surface area contributed by atoms with E-state index in [1.807, 2.05) is 30.3 Å². The van der Waals surface area contributed by atoms with Gasteiger partial charge in [-0.1, -0.05) is 30.3 Å². The van der Waals surface area contributed by atoms with Crippen LogP contribution in [0.2, 0.25) is 0 Å². The van der Waals surface area contributed by atoms with Gasteiger partial charge in [-0.25, -0.2) is 0 Å². The van der Waals surface area contributed by atoms with Gasteiger partial charge in [0, 0.05) is 5.75 Å². The molecule has 1 aromatic carbocycles. The molecule has 2 aromatic rings. The van der Waals surface area contributed by atoms with Crippen LogP contribution in [-0.4, -0.2) is 17.0 Å². The third kappa shape index (κ3) is 3.23. The second-order valence-corrected chi connectivity index (χ2v) is 4.71. The van der Waals surface area contributed by atoms with E-state index in [2.05, 4.69) is 4.98 Å². The van der Waals surface area contributed by atoms with Crippen LogP contribution < -0.4 is 4.74 Å². The molecular weight excluding hydrogens is 264 g/mol. The van der Waals surface area contributed by atoms with Crippen molar-refractivity contribution < 1.29 is 9.66 Å². The summed E-state index contributed by atoms with van der Waals surface area (Å²) in [6.45, 7) is 0. The molecule has 1 aromatic heterocycles. The molecule has 0 bridgehead atoms. The summed E-state index contributed by atoms with van der Waals surface area (Å²) in [6, 6.07) is 11.6. The normalized spacial score (nSPS) is 10.2. The van der Waals surface area contributed by atoms with Crippen LogP contribution in [0.15, 0.2) is 47.5 Å². The van der Waals surface area contributed by atoms with Gasteiger partial charge in [0.05, 0.1) is 12.0 Å². The van der Waals surface area contributed by atoms with E-state index in [0.717, 1.165) is 11.3 Å². The molecule has 0 N–H and O–H groups in total. The summed E-state index contributed by atoms with van der Waals surface area (Å²) >= 11 is 1.49. The first kappa shape index (κ1) is 13.4. The third-order valence-corrected chi connectivity index (χ3v) is 3.57. The molecule has 0 saturated carbocycles. The molecule has 0 aliphatic rings. The van der Waals surface area contributed by atoms with Gasteiger partial charge in [0.25, 0.3) is 0 Å². The highest BCUT2D eigenvalue weighted by Gasteiger charge is 2.20. The molecule has 0 atom stereocenters. The Morgan fingerprint density at radius 1 is 1.32 bits per heavy atom. The maximum Gasteiger partial charge on any atom is 0.407 e. The van der Waals surface area contributed by atoms with E-state index in [1.54, 1.807) is 6.07 Å². The minimum atomic E-state index is -0.536. The number of hydrogen-bond acceptors (Lipinski definition) is 5. The number of hydrogen-bond donors (Lipinski definition) is 0. The zero-order valence-corrected chi connectivity index (χ0v) is 11.1. The van der Waals surface area contributed by atoms with Crippen molar-refractivity contribution in [3.63, 3.8) is 0 Å². The lowest BCUT2D eigenvalue weighted by Crippen LogP contribution is -1.98. The average Bonchev–Trinajstić information content (AvgIpc) is 2.45. The SMILES string of the molecule is COc1c(SCc2ccccc2)ccnc1[N+](=O)[O-]. The van der Waals surface area contributed by atoms with Crippen molar-refractivity contribution in [2.45, 2.75) is 10.6 Å². The standard InChI is InChI=1S/C13H12N2O3S/c1-18-12-11(7-8-14-13(12)15(16)17)19-9-10-5-3-2-4-6-10/h2-8H,9H2,1H3. The van der Waals surface area contributed by atoms with E-state index >= 15 is 0 Å². The maximum absolute atomic E-state index is 10.9. The molecule has 1 heterocycles. The predicted octanol–water partition coefficient (Wildman–Crippen LogP) is 3.29. The molecule has 6 heteroatoms. The van der Waals surface area contributed by atoms with Crippen molar-refractivity contribution in [2.24, 2.45) is 0 Å². The van der Waals surface area contributed by atoms with Crippen LogP contribution in [0, 0.1) is 10.1 Å². The van der Waals surface area contributed by atoms with Gasteiger partial charge in [-0.3, -0.25) is 0 Å². The van der Waals surface area contributed by atoms with Crippen LogP contribution in [0.5, 0.6) is 5.75 Å². The van der Waals surface area contributed by atoms with Crippen LogP contribution in [0.3, 0.4) is 0 Å². The molecular formula is C13H12N2O3S. The van der Waals surface area contributed by atoms with E-state index < -0.39 is 4.92 Å². The van der Waals surface area contributed by atoms with Crippen LogP contribution >= 0.6 is 11.8 Å². The van der Waals surface area contributed by atoms with Crippen molar-refractivity contribution >= 4 is 17.6 Å². The molecule has 0 fully saturated rings. The lowest BCUT2D eigenvalue weighted by molar-refractivity contribution is -0.390. The number of benzene rings is 1. The average molecular weight is 276 g/mol. The van der Waals surface area contributed by atoms with Gasteiger partial charge >= 0.3 is 5.82 Å². The first-order valence-corrected chi connectivity index (χ1v) is 6.55. The van der Waals surface area contributed by atoms with Crippen LogP contribution in [0.25, 0.3) is 0 Å². The van der Waals surface area contributed by atoms with Gasteiger partial charge in [-0.2, -0.15) is 0 Å². The molecule has 2 rings (SSSR count). The van der Waals surface area contributed by atoms with E-state index in [4.69, 9.17) is 4.74 Å². The summed E-state index contributed by atoms with van der Waals surface area (Å²) in [5.41, 5.74) is 1.15. The van der Waals surface area contributed by atoms with Crippen LogP contribution in [0.1, 0.15) is 5.56 Å². The Morgan fingerprint density at radius 3 is 2.68 bits per heavy atom. The summed E-state index contributed by atoms with van der Waals surface area (Å²) in [4.78, 5) is 14.8.